The minimum atomic E-state index is -0.767. The normalized spacial score (nSPS) is 11.7. The molecule has 5 nitrogen and oxygen atoms in total. The lowest BCUT2D eigenvalue weighted by Crippen LogP contribution is -2.42. The summed E-state index contributed by atoms with van der Waals surface area (Å²) in [4.78, 5) is 30.1. The van der Waals surface area contributed by atoms with Crippen LogP contribution in [0.25, 0.3) is 10.2 Å². The molecule has 6 heteroatoms. The number of fused-ring (bicyclic) bond motifs is 1. The first-order valence-corrected chi connectivity index (χ1v) is 10.4. The summed E-state index contributed by atoms with van der Waals surface area (Å²) < 4.78 is 6.26. The zero-order valence-electron chi connectivity index (χ0n) is 16.2. The number of carbonyl (C=O) groups excluding carboxylic acids is 2. The Kier molecular flexibility index (Phi) is 6.15. The van der Waals surface area contributed by atoms with Gasteiger partial charge in [-0.2, -0.15) is 0 Å². The van der Waals surface area contributed by atoms with Gasteiger partial charge in [0.2, 0.25) is 5.78 Å². The van der Waals surface area contributed by atoms with Crippen LogP contribution in [0.5, 0.6) is 0 Å². The van der Waals surface area contributed by atoms with E-state index in [1.54, 1.807) is 0 Å². The van der Waals surface area contributed by atoms with Gasteiger partial charge in [0.25, 0.3) is 0 Å². The van der Waals surface area contributed by atoms with Crippen molar-refractivity contribution in [3.05, 3.63) is 101 Å². The number of aromatic nitrogens is 1. The molecule has 30 heavy (non-hydrogen) atoms. The van der Waals surface area contributed by atoms with Gasteiger partial charge in [0, 0.05) is 6.42 Å². The fourth-order valence-electron chi connectivity index (χ4n) is 3.09. The van der Waals surface area contributed by atoms with Crippen LogP contribution in [0.1, 0.15) is 20.9 Å². The first-order chi connectivity index (χ1) is 14.7. The molecule has 0 saturated heterocycles. The first kappa shape index (κ1) is 19.8. The van der Waals surface area contributed by atoms with Gasteiger partial charge in [-0.3, -0.25) is 4.79 Å². The van der Waals surface area contributed by atoms with Gasteiger partial charge in [-0.1, -0.05) is 72.8 Å². The molecular formula is C24H20N2O3S. The summed E-state index contributed by atoms with van der Waals surface area (Å²) in [5, 5.41) is 3.11. The summed E-state index contributed by atoms with van der Waals surface area (Å²) in [6.45, 7) is 0.139. The van der Waals surface area contributed by atoms with Crippen LogP contribution in [-0.4, -0.2) is 22.9 Å². The second kappa shape index (κ2) is 9.33. The summed E-state index contributed by atoms with van der Waals surface area (Å²) >= 11 is 1.33. The van der Waals surface area contributed by atoms with Crippen LogP contribution < -0.4 is 5.32 Å². The highest BCUT2D eigenvalue weighted by Gasteiger charge is 2.26. The third kappa shape index (κ3) is 4.90. The largest absolute Gasteiger partial charge is 0.445 e. The van der Waals surface area contributed by atoms with E-state index in [1.165, 1.54) is 11.3 Å². The number of thiazole rings is 1. The fraction of sp³-hybridized carbons (Fsp3) is 0.125. The van der Waals surface area contributed by atoms with Crippen molar-refractivity contribution >= 4 is 33.4 Å². The zero-order valence-corrected chi connectivity index (χ0v) is 17.0. The number of alkyl carbamates (subject to hydrolysis) is 1. The lowest BCUT2D eigenvalue weighted by Gasteiger charge is -2.17. The number of ketones is 1. The molecule has 0 spiro atoms. The predicted octanol–water partition coefficient (Wildman–Crippen LogP) is 5.02. The molecule has 0 aliphatic heterocycles. The van der Waals surface area contributed by atoms with E-state index < -0.39 is 12.1 Å². The minimum Gasteiger partial charge on any atom is -0.445 e. The smallest absolute Gasteiger partial charge is 0.408 e. The monoisotopic (exact) mass is 416 g/mol. The van der Waals surface area contributed by atoms with E-state index >= 15 is 0 Å². The van der Waals surface area contributed by atoms with Gasteiger partial charge in [-0.05, 0) is 23.3 Å². The number of para-hydroxylation sites is 1. The van der Waals surface area contributed by atoms with Crippen LogP contribution in [-0.2, 0) is 17.8 Å². The molecule has 0 aliphatic carbocycles. The van der Waals surface area contributed by atoms with Gasteiger partial charge in [-0.25, -0.2) is 9.78 Å². The topological polar surface area (TPSA) is 68.3 Å². The lowest BCUT2D eigenvalue weighted by molar-refractivity contribution is 0.0916. The highest BCUT2D eigenvalue weighted by molar-refractivity contribution is 7.20. The van der Waals surface area contributed by atoms with Crippen LogP contribution >= 0.6 is 11.3 Å². The first-order valence-electron chi connectivity index (χ1n) is 9.60. The number of nitrogens with zero attached hydrogens (tertiary/aromatic N) is 1. The van der Waals surface area contributed by atoms with E-state index in [-0.39, 0.29) is 12.4 Å². The number of benzene rings is 3. The summed E-state index contributed by atoms with van der Waals surface area (Å²) in [5.41, 5.74) is 2.60. The number of Topliss-reactive ketones (excluding diaryl/α,β-unsaturated/α-hetero) is 1. The quantitative estimate of drug-likeness (QED) is 0.430. The Morgan fingerprint density at radius 2 is 1.50 bits per heavy atom. The number of hydrogen-bond acceptors (Lipinski definition) is 5. The molecule has 1 amide bonds. The number of nitrogens with one attached hydrogen (secondary N) is 1. The molecule has 1 aromatic heterocycles. The summed E-state index contributed by atoms with van der Waals surface area (Å²) in [5.74, 6) is -0.225. The van der Waals surface area contributed by atoms with E-state index in [0.717, 1.165) is 21.3 Å². The van der Waals surface area contributed by atoms with Crippen LogP contribution in [0.15, 0.2) is 84.9 Å². The molecule has 0 fully saturated rings. The van der Waals surface area contributed by atoms with Crippen LogP contribution in [0.3, 0.4) is 0 Å². The van der Waals surface area contributed by atoms with Gasteiger partial charge < -0.3 is 10.1 Å². The lowest BCUT2D eigenvalue weighted by atomic mass is 10.0. The Balaban J connectivity index is 1.51. The molecule has 150 valence electrons. The second-order valence-electron chi connectivity index (χ2n) is 6.80. The number of hydrogen-bond donors (Lipinski definition) is 1. The molecule has 4 aromatic rings. The van der Waals surface area contributed by atoms with Crippen molar-refractivity contribution in [3.8, 4) is 0 Å². The Morgan fingerprint density at radius 3 is 2.20 bits per heavy atom. The van der Waals surface area contributed by atoms with Crippen LogP contribution in [0.4, 0.5) is 4.79 Å². The second-order valence-corrected chi connectivity index (χ2v) is 7.83. The van der Waals surface area contributed by atoms with Crippen molar-refractivity contribution in [1.29, 1.82) is 0 Å². The highest BCUT2D eigenvalue weighted by atomic mass is 32.1. The summed E-state index contributed by atoms with van der Waals surface area (Å²) in [7, 11) is 0. The van der Waals surface area contributed by atoms with E-state index in [2.05, 4.69) is 10.3 Å². The molecule has 1 atom stereocenters. The van der Waals surface area contributed by atoms with Crippen molar-refractivity contribution in [2.24, 2.45) is 0 Å². The number of carbonyl (C=O) groups is 2. The van der Waals surface area contributed by atoms with Gasteiger partial charge in [0.05, 0.1) is 10.2 Å². The Labute approximate surface area is 178 Å². The standard InChI is InChI=1S/C24H20N2O3S/c27-22(23-25-19-13-7-8-14-21(19)30-23)20(15-17-9-3-1-4-10-17)26-24(28)29-16-18-11-5-2-6-12-18/h1-14,20H,15-16H2,(H,26,28)/t20-/m0/s1. The van der Waals surface area contributed by atoms with E-state index in [1.807, 2.05) is 84.9 Å². The molecular weight excluding hydrogens is 396 g/mol. The SMILES string of the molecule is O=C(N[C@@H](Cc1ccccc1)C(=O)c1nc2ccccc2s1)OCc1ccccc1. The zero-order chi connectivity index (χ0) is 20.8. The average molecular weight is 417 g/mol. The summed E-state index contributed by atoms with van der Waals surface area (Å²) in [6.07, 6.45) is -0.273. The third-order valence-electron chi connectivity index (χ3n) is 4.61. The van der Waals surface area contributed by atoms with Crippen molar-refractivity contribution in [2.75, 3.05) is 0 Å². The molecule has 3 aromatic carbocycles. The van der Waals surface area contributed by atoms with Gasteiger partial charge >= 0.3 is 6.09 Å². The third-order valence-corrected chi connectivity index (χ3v) is 5.66. The molecule has 0 aliphatic rings. The number of ether oxygens (including phenoxy) is 1. The summed E-state index contributed by atoms with van der Waals surface area (Å²) in [6, 6.07) is 25.8. The van der Waals surface area contributed by atoms with Crippen molar-refractivity contribution in [3.63, 3.8) is 0 Å². The van der Waals surface area contributed by atoms with Gasteiger partial charge in [0.15, 0.2) is 5.01 Å². The molecule has 0 bridgehead atoms. The molecule has 0 unspecified atom stereocenters. The Bertz CT molecular complexity index is 1110. The highest BCUT2D eigenvalue weighted by Crippen LogP contribution is 2.23. The van der Waals surface area contributed by atoms with Crippen molar-refractivity contribution in [1.82, 2.24) is 10.3 Å². The fourth-order valence-corrected chi connectivity index (χ4v) is 4.05. The maximum atomic E-state index is 13.2. The van der Waals surface area contributed by atoms with E-state index in [4.69, 9.17) is 4.74 Å². The van der Waals surface area contributed by atoms with E-state index in [9.17, 15) is 9.59 Å². The molecule has 4 rings (SSSR count). The maximum absolute atomic E-state index is 13.2. The molecule has 1 N–H and O–H groups in total. The Morgan fingerprint density at radius 1 is 0.867 bits per heavy atom. The number of rotatable bonds is 7. The van der Waals surface area contributed by atoms with Gasteiger partial charge in [-0.15, -0.1) is 11.3 Å². The Hall–Kier alpha value is -3.51. The van der Waals surface area contributed by atoms with Crippen molar-refractivity contribution in [2.45, 2.75) is 19.1 Å². The molecule has 1 heterocycles. The molecule has 0 radical (unpaired) electrons. The number of amides is 1. The van der Waals surface area contributed by atoms with Crippen LogP contribution in [0.2, 0.25) is 0 Å². The van der Waals surface area contributed by atoms with E-state index in [0.29, 0.717) is 11.4 Å². The minimum absolute atomic E-state index is 0.139. The van der Waals surface area contributed by atoms with Crippen molar-refractivity contribution < 1.29 is 14.3 Å². The maximum Gasteiger partial charge on any atom is 0.408 e. The van der Waals surface area contributed by atoms with Crippen LogP contribution in [0, 0.1) is 0 Å². The average Bonchev–Trinajstić information content (AvgIpc) is 3.22. The predicted molar refractivity (Wildman–Crippen MR) is 118 cm³/mol. The molecule has 0 saturated carbocycles. The van der Waals surface area contributed by atoms with Gasteiger partial charge in [0.1, 0.15) is 12.6 Å².